The second kappa shape index (κ2) is 8.38. The molecule has 0 spiro atoms. The van der Waals surface area contributed by atoms with Gasteiger partial charge in [-0.25, -0.2) is 0 Å². The van der Waals surface area contributed by atoms with E-state index in [0.717, 1.165) is 42.5 Å². The number of amides is 2. The van der Waals surface area contributed by atoms with E-state index in [9.17, 15) is 9.59 Å². The van der Waals surface area contributed by atoms with Crippen LogP contribution in [0.1, 0.15) is 65.0 Å². The molecule has 142 valence electrons. The van der Waals surface area contributed by atoms with Crippen molar-refractivity contribution in [1.82, 2.24) is 5.32 Å². The fourth-order valence-electron chi connectivity index (χ4n) is 3.61. The van der Waals surface area contributed by atoms with Crippen LogP contribution in [0.2, 0.25) is 0 Å². The average Bonchev–Trinajstić information content (AvgIpc) is 2.67. The van der Waals surface area contributed by atoms with Gasteiger partial charge >= 0.3 is 0 Å². The normalized spacial score (nSPS) is 14.4. The lowest BCUT2D eigenvalue weighted by Crippen LogP contribution is -2.36. The number of hydrogen-bond donors (Lipinski definition) is 1. The van der Waals surface area contributed by atoms with Crippen LogP contribution in [0, 0.1) is 6.92 Å². The van der Waals surface area contributed by atoms with Gasteiger partial charge in [0.2, 0.25) is 0 Å². The van der Waals surface area contributed by atoms with E-state index in [4.69, 9.17) is 0 Å². The van der Waals surface area contributed by atoms with Gasteiger partial charge in [-0.3, -0.25) is 9.59 Å². The van der Waals surface area contributed by atoms with Crippen molar-refractivity contribution in [3.63, 3.8) is 0 Å². The summed E-state index contributed by atoms with van der Waals surface area (Å²) in [4.78, 5) is 27.3. The molecular weight excluding hydrogens is 336 g/mol. The van der Waals surface area contributed by atoms with Crippen LogP contribution in [0.3, 0.4) is 0 Å². The highest BCUT2D eigenvalue weighted by atomic mass is 16.2. The van der Waals surface area contributed by atoms with E-state index in [0.29, 0.717) is 17.7 Å². The van der Waals surface area contributed by atoms with E-state index in [1.807, 2.05) is 61.2 Å². The number of hydrogen-bond acceptors (Lipinski definition) is 2. The standard InChI is InChI=1S/C23H28N2O2/c1-4-6-17(3)24-22(26)20-12-13-21-19(15-20)7-5-14-25(21)23(27)18-10-8-16(2)9-11-18/h8-13,15,17H,4-7,14H2,1-3H3,(H,24,26). The van der Waals surface area contributed by atoms with Crippen molar-refractivity contribution in [2.24, 2.45) is 0 Å². The first-order valence-electron chi connectivity index (χ1n) is 9.82. The fourth-order valence-corrected chi connectivity index (χ4v) is 3.61. The Labute approximate surface area is 161 Å². The smallest absolute Gasteiger partial charge is 0.258 e. The Morgan fingerprint density at radius 3 is 2.52 bits per heavy atom. The van der Waals surface area contributed by atoms with E-state index in [1.165, 1.54) is 0 Å². The quantitative estimate of drug-likeness (QED) is 0.849. The van der Waals surface area contributed by atoms with Gasteiger partial charge < -0.3 is 10.2 Å². The highest BCUT2D eigenvalue weighted by molar-refractivity contribution is 6.07. The lowest BCUT2D eigenvalue weighted by Gasteiger charge is -2.30. The summed E-state index contributed by atoms with van der Waals surface area (Å²) < 4.78 is 0. The van der Waals surface area contributed by atoms with Crippen LogP contribution in [-0.2, 0) is 6.42 Å². The molecule has 0 saturated carbocycles. The zero-order chi connectivity index (χ0) is 19.4. The zero-order valence-electron chi connectivity index (χ0n) is 16.4. The second-order valence-corrected chi connectivity index (χ2v) is 7.43. The third-order valence-electron chi connectivity index (χ3n) is 5.10. The lowest BCUT2D eigenvalue weighted by atomic mass is 9.98. The molecule has 1 unspecified atom stereocenters. The summed E-state index contributed by atoms with van der Waals surface area (Å²) in [6.07, 6.45) is 3.80. The van der Waals surface area contributed by atoms with Crippen LogP contribution in [0.5, 0.6) is 0 Å². The van der Waals surface area contributed by atoms with Crippen LogP contribution in [-0.4, -0.2) is 24.4 Å². The molecule has 4 heteroatoms. The van der Waals surface area contributed by atoms with Crippen molar-refractivity contribution in [2.45, 2.75) is 52.5 Å². The van der Waals surface area contributed by atoms with Crippen molar-refractivity contribution in [3.05, 3.63) is 64.7 Å². The topological polar surface area (TPSA) is 49.4 Å². The summed E-state index contributed by atoms with van der Waals surface area (Å²) in [5.41, 5.74) is 4.49. The molecule has 1 heterocycles. The summed E-state index contributed by atoms with van der Waals surface area (Å²) in [5, 5.41) is 3.05. The van der Waals surface area contributed by atoms with Gasteiger partial charge in [-0.05, 0) is 69.0 Å². The molecule has 2 aromatic carbocycles. The van der Waals surface area contributed by atoms with Crippen molar-refractivity contribution in [2.75, 3.05) is 11.4 Å². The number of fused-ring (bicyclic) bond motifs is 1. The molecule has 0 radical (unpaired) electrons. The molecule has 2 amide bonds. The molecule has 1 atom stereocenters. The number of nitrogens with zero attached hydrogens (tertiary/aromatic N) is 1. The molecule has 0 aromatic heterocycles. The molecule has 1 aliphatic heterocycles. The van der Waals surface area contributed by atoms with Crippen molar-refractivity contribution < 1.29 is 9.59 Å². The summed E-state index contributed by atoms with van der Waals surface area (Å²) >= 11 is 0. The molecule has 0 fully saturated rings. The molecule has 1 aliphatic rings. The average molecular weight is 364 g/mol. The van der Waals surface area contributed by atoms with E-state index in [2.05, 4.69) is 12.2 Å². The molecular formula is C23H28N2O2. The van der Waals surface area contributed by atoms with Gasteiger partial charge in [0, 0.05) is 29.4 Å². The molecule has 0 bridgehead atoms. The van der Waals surface area contributed by atoms with Crippen molar-refractivity contribution in [3.8, 4) is 0 Å². The monoisotopic (exact) mass is 364 g/mol. The van der Waals surface area contributed by atoms with E-state index in [1.54, 1.807) is 0 Å². The summed E-state index contributed by atoms with van der Waals surface area (Å²) in [7, 11) is 0. The third-order valence-corrected chi connectivity index (χ3v) is 5.10. The number of anilines is 1. The van der Waals surface area contributed by atoms with Crippen molar-refractivity contribution in [1.29, 1.82) is 0 Å². The first-order chi connectivity index (χ1) is 13.0. The van der Waals surface area contributed by atoms with Gasteiger partial charge in [0.1, 0.15) is 0 Å². The maximum atomic E-state index is 13.0. The Morgan fingerprint density at radius 1 is 1.11 bits per heavy atom. The summed E-state index contributed by atoms with van der Waals surface area (Å²) in [6, 6.07) is 13.5. The molecule has 4 nitrogen and oxygen atoms in total. The molecule has 0 aliphatic carbocycles. The zero-order valence-corrected chi connectivity index (χ0v) is 16.4. The van der Waals surface area contributed by atoms with Crippen molar-refractivity contribution >= 4 is 17.5 Å². The number of nitrogens with one attached hydrogen (secondary N) is 1. The van der Waals surface area contributed by atoms with Gasteiger partial charge in [0.15, 0.2) is 0 Å². The third kappa shape index (κ3) is 4.38. The predicted octanol–water partition coefficient (Wildman–Crippen LogP) is 4.51. The molecule has 3 rings (SSSR count). The largest absolute Gasteiger partial charge is 0.350 e. The number of carbonyl (C=O) groups is 2. The summed E-state index contributed by atoms with van der Waals surface area (Å²) in [6.45, 7) is 6.86. The number of rotatable bonds is 5. The van der Waals surface area contributed by atoms with Crippen LogP contribution >= 0.6 is 0 Å². The van der Waals surface area contributed by atoms with Gasteiger partial charge in [0.05, 0.1) is 0 Å². The van der Waals surface area contributed by atoms with Gasteiger partial charge in [-0.2, -0.15) is 0 Å². The van der Waals surface area contributed by atoms with Crippen LogP contribution in [0.25, 0.3) is 0 Å². The Bertz CT molecular complexity index is 827. The number of benzene rings is 2. The molecule has 1 N–H and O–H groups in total. The van der Waals surface area contributed by atoms with E-state index < -0.39 is 0 Å². The molecule has 27 heavy (non-hydrogen) atoms. The second-order valence-electron chi connectivity index (χ2n) is 7.43. The Hall–Kier alpha value is -2.62. The first-order valence-corrected chi connectivity index (χ1v) is 9.82. The SMILES string of the molecule is CCCC(C)NC(=O)c1ccc2c(c1)CCCN2C(=O)c1ccc(C)cc1. The van der Waals surface area contributed by atoms with Gasteiger partial charge in [-0.1, -0.05) is 31.0 Å². The summed E-state index contributed by atoms with van der Waals surface area (Å²) in [5.74, 6) is -0.0227. The molecule has 2 aromatic rings. The first kappa shape index (κ1) is 19.2. The van der Waals surface area contributed by atoms with Gasteiger partial charge in [-0.15, -0.1) is 0 Å². The fraction of sp³-hybridized carbons (Fsp3) is 0.391. The predicted molar refractivity (Wildman–Crippen MR) is 109 cm³/mol. The van der Waals surface area contributed by atoms with Gasteiger partial charge in [0.25, 0.3) is 11.8 Å². The Balaban J connectivity index is 1.81. The maximum absolute atomic E-state index is 13.0. The van der Waals surface area contributed by atoms with E-state index in [-0.39, 0.29) is 17.9 Å². The maximum Gasteiger partial charge on any atom is 0.258 e. The lowest BCUT2D eigenvalue weighted by molar-refractivity contribution is 0.0937. The highest BCUT2D eigenvalue weighted by Gasteiger charge is 2.24. The number of aryl methyl sites for hydroxylation is 2. The Kier molecular flexibility index (Phi) is 5.94. The Morgan fingerprint density at radius 2 is 1.81 bits per heavy atom. The van der Waals surface area contributed by atoms with E-state index >= 15 is 0 Å². The minimum Gasteiger partial charge on any atom is -0.350 e. The van der Waals surface area contributed by atoms with Crippen LogP contribution < -0.4 is 10.2 Å². The van der Waals surface area contributed by atoms with Crippen LogP contribution in [0.4, 0.5) is 5.69 Å². The molecule has 0 saturated heterocycles. The minimum absolute atomic E-state index is 0.0183. The number of carbonyl (C=O) groups excluding carboxylic acids is 2. The highest BCUT2D eigenvalue weighted by Crippen LogP contribution is 2.29. The minimum atomic E-state index is -0.0410. The van der Waals surface area contributed by atoms with Crippen LogP contribution in [0.15, 0.2) is 42.5 Å².